The largest absolute Gasteiger partial charge is 0.294 e. The summed E-state index contributed by atoms with van der Waals surface area (Å²) >= 11 is 0. The van der Waals surface area contributed by atoms with Crippen molar-refractivity contribution < 1.29 is 14.4 Å². The van der Waals surface area contributed by atoms with Gasteiger partial charge in [-0.05, 0) is 61.2 Å². The number of allylic oxidation sites excluding steroid dienone is 2. The van der Waals surface area contributed by atoms with Crippen molar-refractivity contribution in [2.75, 3.05) is 0 Å². The first-order valence-electron chi connectivity index (χ1n) is 11.9. The van der Waals surface area contributed by atoms with Gasteiger partial charge in [0.1, 0.15) is 0 Å². The van der Waals surface area contributed by atoms with E-state index in [1.807, 2.05) is 0 Å². The molecule has 5 aliphatic carbocycles. The summed E-state index contributed by atoms with van der Waals surface area (Å²) in [6.07, 6.45) is 7.84. The molecule has 1 heterocycles. The number of nitrogens with zero attached hydrogens (tertiary/aromatic N) is 1. The van der Waals surface area contributed by atoms with Gasteiger partial charge in [0.15, 0.2) is 0 Å². The second-order valence-electron chi connectivity index (χ2n) is 11.7. The quantitative estimate of drug-likeness (QED) is 0.205. The van der Waals surface area contributed by atoms with Crippen LogP contribution in [0.3, 0.4) is 0 Å². The Balaban J connectivity index is 1.66. The predicted octanol–water partition coefficient (Wildman–Crippen LogP) is 2.28. The average Bonchev–Trinajstić information content (AvgIpc) is 2.98. The van der Waals surface area contributed by atoms with E-state index in [0.29, 0.717) is 5.92 Å². The number of imide groups is 1. The van der Waals surface area contributed by atoms with Crippen LogP contribution in [0.25, 0.3) is 0 Å². The molecule has 3 saturated carbocycles. The van der Waals surface area contributed by atoms with Gasteiger partial charge in [-0.15, -0.1) is 0 Å². The van der Waals surface area contributed by atoms with Crippen LogP contribution in [0.2, 0.25) is 0 Å². The van der Waals surface area contributed by atoms with Crippen molar-refractivity contribution >= 4 is 17.7 Å². The van der Waals surface area contributed by atoms with Crippen molar-refractivity contribution in [2.24, 2.45) is 63.4 Å². The summed E-state index contributed by atoms with van der Waals surface area (Å²) in [7, 11) is 0. The molecule has 6 aliphatic rings. The molecule has 1 spiro atoms. The number of rotatable bonds is 2. The fourth-order valence-corrected chi connectivity index (χ4v) is 9.16. The van der Waals surface area contributed by atoms with Crippen molar-refractivity contribution in [3.05, 3.63) is 11.6 Å². The zero-order valence-corrected chi connectivity index (χ0v) is 19.1. The monoisotopic (exact) mass is 428 g/mol. The molecule has 7 heteroatoms. The van der Waals surface area contributed by atoms with E-state index in [1.54, 1.807) is 0 Å². The molecular weight excluding hydrogens is 392 g/mol. The van der Waals surface area contributed by atoms with E-state index in [-0.39, 0.29) is 58.1 Å². The van der Waals surface area contributed by atoms with Gasteiger partial charge in [-0.25, -0.2) is 16.7 Å². The number of fused-ring (bicyclic) bond motifs is 1. The minimum atomic E-state index is -0.501. The molecule has 6 rings (SSSR count). The van der Waals surface area contributed by atoms with E-state index in [9.17, 15) is 14.4 Å². The molecule has 1 saturated heterocycles. The number of nitrogens with two attached hydrogens (primary N) is 2. The van der Waals surface area contributed by atoms with Gasteiger partial charge < -0.3 is 0 Å². The molecule has 4 fully saturated rings. The van der Waals surface area contributed by atoms with Crippen LogP contribution >= 0.6 is 0 Å². The van der Waals surface area contributed by atoms with Crippen LogP contribution < -0.4 is 17.1 Å². The molecular formula is C24H36N4O3. The highest BCUT2D eigenvalue weighted by Gasteiger charge is 2.73. The van der Waals surface area contributed by atoms with Crippen LogP contribution in [-0.4, -0.2) is 22.7 Å². The predicted molar refractivity (Wildman–Crippen MR) is 115 cm³/mol. The maximum atomic E-state index is 13.3. The van der Waals surface area contributed by atoms with Crippen LogP contribution in [0.1, 0.15) is 66.2 Å². The van der Waals surface area contributed by atoms with Crippen LogP contribution in [-0.2, 0) is 14.4 Å². The SMILES string of the molecule is CC(C)C1=CC23CCC4[C@](C)(CCC[C@@]4(C)C(=O)NN)C2CC1C1C(=O)N(N)C(=O)C13. The lowest BCUT2D eigenvalue weighted by Crippen LogP contribution is -2.65. The number of carbonyl (C=O) groups is 3. The lowest BCUT2D eigenvalue weighted by Gasteiger charge is -2.68. The molecule has 2 bridgehead atoms. The fourth-order valence-electron chi connectivity index (χ4n) is 9.16. The maximum Gasteiger partial charge on any atom is 0.248 e. The van der Waals surface area contributed by atoms with Gasteiger partial charge in [-0.2, -0.15) is 0 Å². The van der Waals surface area contributed by atoms with E-state index < -0.39 is 5.41 Å². The van der Waals surface area contributed by atoms with Crippen molar-refractivity contribution in [3.8, 4) is 0 Å². The van der Waals surface area contributed by atoms with Crippen LogP contribution in [0.5, 0.6) is 0 Å². The maximum absolute atomic E-state index is 13.3. The number of nitrogens with one attached hydrogen (secondary N) is 1. The Hall–Kier alpha value is -1.73. The Labute approximate surface area is 184 Å². The zero-order valence-electron chi connectivity index (χ0n) is 19.1. The van der Waals surface area contributed by atoms with E-state index in [0.717, 1.165) is 43.5 Å². The molecule has 31 heavy (non-hydrogen) atoms. The van der Waals surface area contributed by atoms with E-state index >= 15 is 0 Å². The lowest BCUT2D eigenvalue weighted by molar-refractivity contribution is -0.187. The van der Waals surface area contributed by atoms with Crippen molar-refractivity contribution in [3.63, 3.8) is 0 Å². The van der Waals surface area contributed by atoms with Crippen LogP contribution in [0.4, 0.5) is 0 Å². The number of amides is 3. The normalized spacial score (nSPS) is 48.3. The first-order chi connectivity index (χ1) is 14.5. The third-order valence-corrected chi connectivity index (χ3v) is 10.4. The summed E-state index contributed by atoms with van der Waals surface area (Å²) in [5.74, 6) is 11.3. The first-order valence-corrected chi connectivity index (χ1v) is 11.9. The van der Waals surface area contributed by atoms with Crippen molar-refractivity contribution in [1.82, 2.24) is 10.4 Å². The Morgan fingerprint density at radius 2 is 1.87 bits per heavy atom. The Morgan fingerprint density at radius 3 is 2.52 bits per heavy atom. The molecule has 0 aromatic heterocycles. The molecule has 6 unspecified atom stereocenters. The van der Waals surface area contributed by atoms with Gasteiger partial charge in [0.25, 0.3) is 0 Å². The summed E-state index contributed by atoms with van der Waals surface area (Å²) in [6, 6.07) is 0. The molecule has 1 aliphatic heterocycles. The van der Waals surface area contributed by atoms with Gasteiger partial charge in [0.2, 0.25) is 17.7 Å². The highest BCUT2D eigenvalue weighted by atomic mass is 16.2. The molecule has 0 aromatic carbocycles. The second kappa shape index (κ2) is 6.41. The van der Waals surface area contributed by atoms with Gasteiger partial charge in [-0.3, -0.25) is 19.8 Å². The Morgan fingerprint density at radius 1 is 1.16 bits per heavy atom. The number of carbonyl (C=O) groups excluding carboxylic acids is 3. The summed E-state index contributed by atoms with van der Waals surface area (Å²) < 4.78 is 0. The second-order valence-corrected chi connectivity index (χ2v) is 11.7. The highest BCUT2D eigenvalue weighted by Crippen LogP contribution is 2.74. The molecule has 7 nitrogen and oxygen atoms in total. The van der Waals surface area contributed by atoms with E-state index in [1.165, 1.54) is 5.57 Å². The third kappa shape index (κ3) is 2.34. The minimum absolute atomic E-state index is 0.0639. The Bertz CT molecular complexity index is 899. The number of hydrazine groups is 2. The fraction of sp³-hybridized carbons (Fsp3) is 0.792. The van der Waals surface area contributed by atoms with Crippen molar-refractivity contribution in [2.45, 2.75) is 66.2 Å². The average molecular weight is 429 g/mol. The number of hydrogen-bond donors (Lipinski definition) is 3. The molecule has 170 valence electrons. The smallest absolute Gasteiger partial charge is 0.248 e. The molecule has 3 amide bonds. The Kier molecular flexibility index (Phi) is 4.37. The standard InChI is InChI=1S/C24H36N4O3/c1-12(2)14-11-24-9-6-15-22(3,7-5-8-23(15,4)21(31)27-25)16(24)10-13(14)17-18(24)20(30)28(26)19(17)29/h11-13,15-18H,5-10,25-26H2,1-4H3,(H,27,31)/t13?,15?,16?,17?,18?,22-,23+,24?/m0/s1. The summed E-state index contributed by atoms with van der Waals surface area (Å²) in [4.78, 5) is 39.2. The van der Waals surface area contributed by atoms with Gasteiger partial charge in [-0.1, -0.05) is 45.8 Å². The minimum Gasteiger partial charge on any atom is -0.294 e. The van der Waals surface area contributed by atoms with E-state index in [2.05, 4.69) is 39.2 Å². The third-order valence-electron chi connectivity index (χ3n) is 10.4. The molecule has 0 aromatic rings. The summed E-state index contributed by atoms with van der Waals surface area (Å²) in [5, 5.41) is 0.908. The topological polar surface area (TPSA) is 119 Å². The first kappa shape index (κ1) is 21.1. The van der Waals surface area contributed by atoms with Crippen LogP contribution in [0.15, 0.2) is 11.6 Å². The molecule has 5 N–H and O–H groups in total. The van der Waals surface area contributed by atoms with Crippen molar-refractivity contribution in [1.29, 1.82) is 0 Å². The van der Waals surface area contributed by atoms with Gasteiger partial charge >= 0.3 is 0 Å². The highest BCUT2D eigenvalue weighted by molar-refractivity contribution is 6.06. The summed E-state index contributed by atoms with van der Waals surface area (Å²) in [5.41, 5.74) is 2.84. The van der Waals surface area contributed by atoms with Gasteiger partial charge in [0, 0.05) is 5.41 Å². The van der Waals surface area contributed by atoms with Crippen LogP contribution in [0, 0.1) is 51.8 Å². The van der Waals surface area contributed by atoms with E-state index in [4.69, 9.17) is 11.7 Å². The lowest BCUT2D eigenvalue weighted by atomic mass is 9.34. The molecule has 8 atom stereocenters. The molecule has 0 radical (unpaired) electrons. The zero-order chi connectivity index (χ0) is 22.5. The number of hydrogen-bond acceptors (Lipinski definition) is 5. The van der Waals surface area contributed by atoms with Gasteiger partial charge in [0.05, 0.1) is 17.3 Å². The summed E-state index contributed by atoms with van der Waals surface area (Å²) in [6.45, 7) is 8.78.